The van der Waals surface area contributed by atoms with Crippen LogP contribution < -0.4 is 0 Å². The highest BCUT2D eigenvalue weighted by molar-refractivity contribution is 7.09. The maximum absolute atomic E-state index is 4.42. The van der Waals surface area contributed by atoms with Gasteiger partial charge in [-0.3, -0.25) is 9.80 Å². The van der Waals surface area contributed by atoms with Crippen molar-refractivity contribution in [1.82, 2.24) is 14.8 Å². The Bertz CT molecular complexity index is 585. The number of rotatable bonds is 5. The van der Waals surface area contributed by atoms with Gasteiger partial charge in [-0.25, -0.2) is 4.98 Å². The minimum absolute atomic E-state index is 0.608. The number of hydrogen-bond donors (Lipinski definition) is 0. The number of thiazole rings is 1. The summed E-state index contributed by atoms with van der Waals surface area (Å²) in [4.78, 5) is 9.59. The molecule has 2 aromatic heterocycles. The Labute approximate surface area is 140 Å². The van der Waals surface area contributed by atoms with Gasteiger partial charge >= 0.3 is 0 Å². The van der Waals surface area contributed by atoms with Crippen molar-refractivity contribution >= 4 is 22.7 Å². The first kappa shape index (κ1) is 14.8. The van der Waals surface area contributed by atoms with Crippen LogP contribution in [-0.2, 0) is 13.1 Å². The summed E-state index contributed by atoms with van der Waals surface area (Å²) in [6.45, 7) is 4.68. The SMILES string of the molecule is CN(Cc1nccs1)C1CC12CCN(Cc1ccsc1)CC2. The van der Waals surface area contributed by atoms with Crippen LogP contribution in [0.15, 0.2) is 28.4 Å². The van der Waals surface area contributed by atoms with Crippen molar-refractivity contribution in [3.8, 4) is 0 Å². The van der Waals surface area contributed by atoms with Crippen molar-refractivity contribution in [2.24, 2.45) is 5.41 Å². The van der Waals surface area contributed by atoms with Gasteiger partial charge in [0.05, 0.1) is 6.54 Å². The van der Waals surface area contributed by atoms with Gasteiger partial charge in [0.1, 0.15) is 5.01 Å². The van der Waals surface area contributed by atoms with Gasteiger partial charge in [0, 0.05) is 24.2 Å². The lowest BCUT2D eigenvalue weighted by Crippen LogP contribution is -2.37. The largest absolute Gasteiger partial charge is 0.299 e. The van der Waals surface area contributed by atoms with Crippen LogP contribution in [0.25, 0.3) is 0 Å². The van der Waals surface area contributed by atoms with Crippen LogP contribution in [0.4, 0.5) is 0 Å². The van der Waals surface area contributed by atoms with Crippen LogP contribution in [0.1, 0.15) is 29.8 Å². The minimum Gasteiger partial charge on any atom is -0.299 e. The van der Waals surface area contributed by atoms with E-state index in [4.69, 9.17) is 0 Å². The summed E-state index contributed by atoms with van der Waals surface area (Å²) in [5, 5.41) is 7.80. The van der Waals surface area contributed by atoms with Gasteiger partial charge in [0.2, 0.25) is 0 Å². The van der Waals surface area contributed by atoms with Gasteiger partial charge in [0.25, 0.3) is 0 Å². The second-order valence-electron chi connectivity index (χ2n) is 6.83. The zero-order valence-corrected chi connectivity index (χ0v) is 14.7. The van der Waals surface area contributed by atoms with E-state index in [0.29, 0.717) is 5.41 Å². The molecule has 2 aliphatic rings. The van der Waals surface area contributed by atoms with Gasteiger partial charge in [-0.15, -0.1) is 11.3 Å². The molecular weight excluding hydrogens is 310 g/mol. The van der Waals surface area contributed by atoms with E-state index in [0.717, 1.165) is 19.1 Å². The molecule has 22 heavy (non-hydrogen) atoms. The molecule has 1 atom stereocenters. The molecular formula is C17H23N3S2. The summed E-state index contributed by atoms with van der Waals surface area (Å²) in [5.74, 6) is 0. The molecule has 4 rings (SSSR count). The summed E-state index contributed by atoms with van der Waals surface area (Å²) in [6.07, 6.45) is 6.04. The van der Waals surface area contributed by atoms with Gasteiger partial charge in [-0.05, 0) is 67.2 Å². The van der Waals surface area contributed by atoms with Crippen LogP contribution in [0, 0.1) is 5.41 Å². The number of nitrogens with zero attached hydrogens (tertiary/aromatic N) is 3. The molecule has 1 saturated heterocycles. The number of likely N-dealkylation sites (tertiary alicyclic amines) is 1. The van der Waals surface area contributed by atoms with E-state index < -0.39 is 0 Å². The smallest absolute Gasteiger partial charge is 0.107 e. The molecule has 1 aliphatic heterocycles. The van der Waals surface area contributed by atoms with Crippen LogP contribution >= 0.6 is 22.7 Å². The molecule has 2 fully saturated rings. The zero-order chi connectivity index (χ0) is 15.0. The van der Waals surface area contributed by atoms with E-state index in [2.05, 4.69) is 44.0 Å². The van der Waals surface area contributed by atoms with Crippen LogP contribution in [0.3, 0.4) is 0 Å². The molecule has 1 unspecified atom stereocenters. The molecule has 0 radical (unpaired) electrons. The predicted molar refractivity (Wildman–Crippen MR) is 93.2 cm³/mol. The summed E-state index contributed by atoms with van der Waals surface area (Å²) < 4.78 is 0. The second-order valence-corrected chi connectivity index (χ2v) is 8.59. The lowest BCUT2D eigenvalue weighted by Gasteiger charge is -2.34. The summed E-state index contributed by atoms with van der Waals surface area (Å²) in [6, 6.07) is 3.04. The Morgan fingerprint density at radius 3 is 2.91 bits per heavy atom. The fourth-order valence-corrected chi connectivity index (χ4v) is 5.28. The van der Waals surface area contributed by atoms with Gasteiger partial charge in [0.15, 0.2) is 0 Å². The topological polar surface area (TPSA) is 19.4 Å². The standard InChI is InChI=1S/C17H23N3S2/c1-19(12-16-18-5-9-22-16)15-10-17(15)3-6-20(7-4-17)11-14-2-8-21-13-14/h2,5,8-9,13,15H,3-4,6-7,10-12H2,1H3. The average Bonchev–Trinajstić information content (AvgIpc) is 2.92. The molecule has 0 amide bonds. The maximum Gasteiger partial charge on any atom is 0.107 e. The number of piperidine rings is 1. The van der Waals surface area contributed by atoms with E-state index in [1.807, 2.05) is 17.5 Å². The first-order valence-electron chi connectivity index (χ1n) is 8.07. The quantitative estimate of drug-likeness (QED) is 0.832. The maximum atomic E-state index is 4.42. The number of hydrogen-bond acceptors (Lipinski definition) is 5. The summed E-state index contributed by atoms with van der Waals surface area (Å²) in [7, 11) is 2.28. The van der Waals surface area contributed by atoms with Crippen molar-refractivity contribution in [3.63, 3.8) is 0 Å². The molecule has 1 spiro atoms. The molecule has 0 bridgehead atoms. The lowest BCUT2D eigenvalue weighted by molar-refractivity contribution is 0.139. The van der Waals surface area contributed by atoms with Gasteiger partial charge < -0.3 is 0 Å². The third kappa shape index (κ3) is 3.00. The Balaban J connectivity index is 1.29. The lowest BCUT2D eigenvalue weighted by atomic mass is 9.92. The number of aromatic nitrogens is 1. The van der Waals surface area contributed by atoms with Crippen LogP contribution in [-0.4, -0.2) is 41.0 Å². The first-order chi connectivity index (χ1) is 10.8. The predicted octanol–water partition coefficient (Wildman–Crippen LogP) is 3.69. The van der Waals surface area contributed by atoms with E-state index in [9.17, 15) is 0 Å². The van der Waals surface area contributed by atoms with Crippen molar-refractivity contribution < 1.29 is 0 Å². The molecule has 0 aromatic carbocycles. The summed E-state index contributed by atoms with van der Waals surface area (Å²) in [5.41, 5.74) is 2.09. The van der Waals surface area contributed by atoms with E-state index >= 15 is 0 Å². The van der Waals surface area contributed by atoms with Crippen molar-refractivity contribution in [2.45, 2.75) is 38.4 Å². The monoisotopic (exact) mass is 333 g/mol. The van der Waals surface area contributed by atoms with Crippen molar-refractivity contribution in [3.05, 3.63) is 39.0 Å². The van der Waals surface area contributed by atoms with Crippen LogP contribution in [0.5, 0.6) is 0 Å². The third-order valence-corrected chi connectivity index (χ3v) is 6.88. The molecule has 3 heterocycles. The molecule has 0 N–H and O–H groups in total. The third-order valence-electron chi connectivity index (χ3n) is 5.38. The van der Waals surface area contributed by atoms with Gasteiger partial charge in [-0.1, -0.05) is 0 Å². The zero-order valence-electron chi connectivity index (χ0n) is 13.1. The Morgan fingerprint density at radius 2 is 2.23 bits per heavy atom. The highest BCUT2D eigenvalue weighted by Gasteiger charge is 2.56. The summed E-state index contributed by atoms with van der Waals surface area (Å²) >= 11 is 3.58. The molecule has 2 aromatic rings. The van der Waals surface area contributed by atoms with E-state index in [-0.39, 0.29) is 0 Å². The highest BCUT2D eigenvalue weighted by atomic mass is 32.1. The molecule has 3 nitrogen and oxygen atoms in total. The van der Waals surface area contributed by atoms with Crippen molar-refractivity contribution in [1.29, 1.82) is 0 Å². The van der Waals surface area contributed by atoms with Crippen molar-refractivity contribution in [2.75, 3.05) is 20.1 Å². The fraction of sp³-hybridized carbons (Fsp3) is 0.588. The Morgan fingerprint density at radius 1 is 1.36 bits per heavy atom. The molecule has 1 aliphatic carbocycles. The fourth-order valence-electron chi connectivity index (χ4n) is 3.94. The van der Waals surface area contributed by atoms with E-state index in [1.165, 1.54) is 42.9 Å². The molecule has 5 heteroatoms. The highest BCUT2D eigenvalue weighted by Crippen LogP contribution is 2.56. The molecule has 1 saturated carbocycles. The molecule has 118 valence electrons. The normalized spacial score (nSPS) is 24.2. The second kappa shape index (κ2) is 6.04. The van der Waals surface area contributed by atoms with E-state index in [1.54, 1.807) is 11.3 Å². The van der Waals surface area contributed by atoms with Crippen LogP contribution in [0.2, 0.25) is 0 Å². The Kier molecular flexibility index (Phi) is 4.07. The van der Waals surface area contributed by atoms with Gasteiger partial charge in [-0.2, -0.15) is 11.3 Å². The first-order valence-corrected chi connectivity index (χ1v) is 9.89. The average molecular weight is 334 g/mol. The number of thiophene rings is 1. The Hall–Kier alpha value is -0.750. The minimum atomic E-state index is 0.608.